The summed E-state index contributed by atoms with van der Waals surface area (Å²) in [5, 5.41) is 37.3. The van der Waals surface area contributed by atoms with Crippen LogP contribution in [-0.2, 0) is 4.79 Å². The van der Waals surface area contributed by atoms with E-state index in [0.717, 1.165) is 12.1 Å². The lowest BCUT2D eigenvalue weighted by Crippen LogP contribution is -2.13. The average molecular weight is 250 g/mol. The molecule has 0 spiro atoms. The second kappa shape index (κ2) is 5.03. The Balaban J connectivity index is 3.55. The van der Waals surface area contributed by atoms with Crippen LogP contribution < -0.4 is 0 Å². The summed E-state index contributed by atoms with van der Waals surface area (Å²) in [7, 11) is 0. The fourth-order valence-electron chi connectivity index (χ4n) is 1.33. The van der Waals surface area contributed by atoms with Crippen LogP contribution in [0.15, 0.2) is 12.1 Å². The van der Waals surface area contributed by atoms with Crippen molar-refractivity contribution in [3.8, 4) is 6.07 Å². The summed E-state index contributed by atoms with van der Waals surface area (Å²) in [6.07, 6.45) is -1.88. The number of aldehydes is 1. The minimum atomic E-state index is -2.03. The van der Waals surface area contributed by atoms with Crippen LogP contribution in [0, 0.1) is 21.4 Å². The van der Waals surface area contributed by atoms with Gasteiger partial charge in [0, 0.05) is 11.6 Å². The molecule has 92 valence electrons. The maximum atomic E-state index is 10.7. The number of carbonyl (C=O) groups is 2. The largest absolute Gasteiger partial charge is 0.479 e. The molecule has 0 amide bonds. The van der Waals surface area contributed by atoms with Gasteiger partial charge in [-0.15, -0.1) is 0 Å². The van der Waals surface area contributed by atoms with Crippen molar-refractivity contribution in [1.82, 2.24) is 0 Å². The number of nitriles is 1. The van der Waals surface area contributed by atoms with Crippen LogP contribution in [-0.4, -0.2) is 27.4 Å². The lowest BCUT2D eigenvalue weighted by atomic mass is 9.99. The number of hydrogen-bond acceptors (Lipinski definition) is 6. The predicted molar refractivity (Wildman–Crippen MR) is 55.8 cm³/mol. The molecule has 2 N–H and O–H groups in total. The van der Waals surface area contributed by atoms with Gasteiger partial charge in [-0.25, -0.2) is 4.79 Å². The molecule has 1 aromatic rings. The zero-order valence-electron chi connectivity index (χ0n) is 8.73. The van der Waals surface area contributed by atoms with Gasteiger partial charge in [-0.1, -0.05) is 0 Å². The lowest BCUT2D eigenvalue weighted by molar-refractivity contribution is -0.385. The highest BCUT2D eigenvalue weighted by Crippen LogP contribution is 2.26. The predicted octanol–water partition coefficient (Wildman–Crippen LogP) is 0.397. The third kappa shape index (κ3) is 2.31. The molecular formula is C10H6N2O6. The van der Waals surface area contributed by atoms with Crippen molar-refractivity contribution in [2.45, 2.75) is 6.10 Å². The molecule has 0 heterocycles. The molecule has 0 aliphatic rings. The van der Waals surface area contributed by atoms with Gasteiger partial charge in [0.1, 0.15) is 0 Å². The minimum absolute atomic E-state index is 0.150. The van der Waals surface area contributed by atoms with E-state index in [-0.39, 0.29) is 17.4 Å². The van der Waals surface area contributed by atoms with Gasteiger partial charge >= 0.3 is 5.97 Å². The molecule has 8 nitrogen and oxygen atoms in total. The highest BCUT2D eigenvalue weighted by molar-refractivity contribution is 5.84. The fourth-order valence-corrected chi connectivity index (χ4v) is 1.33. The zero-order chi connectivity index (χ0) is 13.9. The molecule has 1 aromatic carbocycles. The van der Waals surface area contributed by atoms with Gasteiger partial charge in [0.15, 0.2) is 12.4 Å². The van der Waals surface area contributed by atoms with Gasteiger partial charge in [-0.05, 0) is 6.07 Å². The first-order chi connectivity index (χ1) is 8.42. The van der Waals surface area contributed by atoms with Crippen molar-refractivity contribution in [3.05, 3.63) is 38.9 Å². The van der Waals surface area contributed by atoms with Crippen LogP contribution in [0.1, 0.15) is 27.6 Å². The average Bonchev–Trinajstić information content (AvgIpc) is 2.35. The molecule has 0 radical (unpaired) electrons. The molecule has 8 heteroatoms. The number of benzene rings is 1. The number of carboxylic acids is 1. The number of nitro benzene ring substituents is 1. The monoisotopic (exact) mass is 250 g/mol. The summed E-state index contributed by atoms with van der Waals surface area (Å²) in [5.74, 6) is -1.63. The molecule has 0 fully saturated rings. The Morgan fingerprint density at radius 3 is 2.56 bits per heavy atom. The van der Waals surface area contributed by atoms with Gasteiger partial charge < -0.3 is 10.2 Å². The summed E-state index contributed by atoms with van der Waals surface area (Å²) >= 11 is 0. The SMILES string of the molecule is N#Cc1cc([N+](=O)[O-])c(C=O)cc1C(O)C(=O)O. The standard InChI is InChI=1S/C10H6N2O6/c11-3-5-2-8(12(17)18)6(4-13)1-7(5)9(14)10(15)16/h1-2,4,9,14H,(H,15,16). The first-order valence-corrected chi connectivity index (χ1v) is 4.50. The number of nitro groups is 1. The van der Waals surface area contributed by atoms with E-state index in [0.29, 0.717) is 0 Å². The van der Waals surface area contributed by atoms with E-state index in [1.165, 1.54) is 6.07 Å². The zero-order valence-corrected chi connectivity index (χ0v) is 8.73. The number of carbonyl (C=O) groups excluding carboxylic acids is 1. The van der Waals surface area contributed by atoms with E-state index in [1.807, 2.05) is 0 Å². The number of aliphatic hydroxyl groups is 1. The van der Waals surface area contributed by atoms with Crippen LogP contribution >= 0.6 is 0 Å². The van der Waals surface area contributed by atoms with Crippen LogP contribution in [0.3, 0.4) is 0 Å². The Labute approximate surface area is 99.8 Å². The lowest BCUT2D eigenvalue weighted by Gasteiger charge is -2.08. The van der Waals surface area contributed by atoms with Crippen LogP contribution in [0.5, 0.6) is 0 Å². The topological polar surface area (TPSA) is 142 Å². The highest BCUT2D eigenvalue weighted by Gasteiger charge is 2.25. The van der Waals surface area contributed by atoms with Gasteiger partial charge in [0.05, 0.1) is 22.1 Å². The van der Waals surface area contributed by atoms with Gasteiger partial charge in [0.25, 0.3) is 5.69 Å². The molecular weight excluding hydrogens is 244 g/mol. The number of hydrogen-bond donors (Lipinski definition) is 2. The van der Waals surface area contributed by atoms with Crippen molar-refractivity contribution >= 4 is 17.9 Å². The minimum Gasteiger partial charge on any atom is -0.479 e. The molecule has 0 aliphatic carbocycles. The summed E-state index contributed by atoms with van der Waals surface area (Å²) < 4.78 is 0. The number of aliphatic carboxylic acids is 1. The quantitative estimate of drug-likeness (QED) is 0.447. The van der Waals surface area contributed by atoms with E-state index in [2.05, 4.69) is 0 Å². The number of rotatable bonds is 4. The summed E-state index contributed by atoms with van der Waals surface area (Å²) in [4.78, 5) is 31.0. The molecule has 18 heavy (non-hydrogen) atoms. The molecule has 1 atom stereocenters. The Kier molecular flexibility index (Phi) is 3.71. The summed E-state index contributed by atoms with van der Waals surface area (Å²) in [6, 6.07) is 3.11. The van der Waals surface area contributed by atoms with Crippen molar-refractivity contribution < 1.29 is 24.7 Å². The second-order valence-electron chi connectivity index (χ2n) is 3.23. The van der Waals surface area contributed by atoms with E-state index < -0.39 is 28.2 Å². The smallest absolute Gasteiger partial charge is 0.337 e. The summed E-state index contributed by atoms with van der Waals surface area (Å²) in [5.41, 5.74) is -1.77. The van der Waals surface area contributed by atoms with Crippen molar-refractivity contribution in [2.75, 3.05) is 0 Å². The molecule has 0 aromatic heterocycles. The third-order valence-electron chi connectivity index (χ3n) is 2.17. The molecule has 0 bridgehead atoms. The fraction of sp³-hybridized carbons (Fsp3) is 0.100. The first-order valence-electron chi connectivity index (χ1n) is 4.50. The van der Waals surface area contributed by atoms with E-state index in [1.54, 1.807) is 0 Å². The van der Waals surface area contributed by atoms with Crippen LogP contribution in [0.2, 0.25) is 0 Å². The van der Waals surface area contributed by atoms with Crippen molar-refractivity contribution in [2.24, 2.45) is 0 Å². The Morgan fingerprint density at radius 2 is 2.17 bits per heavy atom. The first kappa shape index (κ1) is 13.3. The number of carboxylic acid groups (broad SMARTS) is 1. The number of nitrogens with zero attached hydrogens (tertiary/aromatic N) is 2. The maximum Gasteiger partial charge on any atom is 0.337 e. The van der Waals surface area contributed by atoms with Crippen molar-refractivity contribution in [1.29, 1.82) is 5.26 Å². The second-order valence-corrected chi connectivity index (χ2v) is 3.23. The number of aliphatic hydroxyl groups excluding tert-OH is 1. The molecule has 0 saturated carbocycles. The Morgan fingerprint density at radius 1 is 1.56 bits per heavy atom. The van der Waals surface area contributed by atoms with E-state index in [4.69, 9.17) is 10.4 Å². The molecule has 0 aliphatic heterocycles. The molecule has 1 rings (SSSR count). The van der Waals surface area contributed by atoms with Gasteiger partial charge in [0.2, 0.25) is 0 Å². The van der Waals surface area contributed by atoms with E-state index >= 15 is 0 Å². The van der Waals surface area contributed by atoms with Crippen LogP contribution in [0.4, 0.5) is 5.69 Å². The third-order valence-corrected chi connectivity index (χ3v) is 2.17. The Hall–Kier alpha value is -2.79. The molecule has 0 saturated heterocycles. The summed E-state index contributed by atoms with van der Waals surface area (Å²) in [6.45, 7) is 0. The van der Waals surface area contributed by atoms with Gasteiger partial charge in [-0.2, -0.15) is 5.26 Å². The maximum absolute atomic E-state index is 10.7. The van der Waals surface area contributed by atoms with Crippen LogP contribution in [0.25, 0.3) is 0 Å². The van der Waals surface area contributed by atoms with Gasteiger partial charge in [-0.3, -0.25) is 14.9 Å². The van der Waals surface area contributed by atoms with Crippen molar-refractivity contribution in [3.63, 3.8) is 0 Å². The normalized spacial score (nSPS) is 11.3. The highest BCUT2D eigenvalue weighted by atomic mass is 16.6. The van der Waals surface area contributed by atoms with E-state index in [9.17, 15) is 24.8 Å². The Bertz CT molecular complexity index is 574. The molecule has 1 unspecified atom stereocenters.